The second kappa shape index (κ2) is 3.86. The quantitative estimate of drug-likeness (QED) is 0.631. The van der Waals surface area contributed by atoms with E-state index in [4.69, 9.17) is 4.55 Å². The summed E-state index contributed by atoms with van der Waals surface area (Å²) in [6, 6.07) is 0. The molecule has 0 spiro atoms. The Bertz CT molecular complexity index is 296. The minimum absolute atomic E-state index is 0.118. The lowest BCUT2D eigenvalue weighted by Gasteiger charge is -2.39. The van der Waals surface area contributed by atoms with Gasteiger partial charge in [-0.25, -0.2) is 21.8 Å². The highest BCUT2D eigenvalue weighted by Crippen LogP contribution is 2.51. The van der Waals surface area contributed by atoms with Gasteiger partial charge in [-0.1, -0.05) is 0 Å². The highest BCUT2D eigenvalue weighted by molar-refractivity contribution is 7.80. The third-order valence-electron chi connectivity index (χ3n) is 2.30. The molecule has 0 radical (unpaired) electrons. The summed E-state index contributed by atoms with van der Waals surface area (Å²) < 4.78 is 96.4. The number of hydrogen-bond donors (Lipinski definition) is 1. The monoisotopic (exact) mass is 272 g/mol. The average Bonchev–Trinajstić information content (AvgIpc) is 2.00. The van der Waals surface area contributed by atoms with Crippen LogP contribution in [0.1, 0.15) is 20.8 Å². The maximum Gasteiger partial charge on any atom is 0.334 e. The average molecular weight is 272 g/mol. The Labute approximate surface area is 90.3 Å². The van der Waals surface area contributed by atoms with E-state index in [1.807, 2.05) is 0 Å². The minimum atomic E-state index is -5.34. The normalized spacial score (nSPS) is 23.4. The Hall–Kier alpha value is -0.310. The summed E-state index contributed by atoms with van der Waals surface area (Å²) >= 11 is -3.82. The largest absolute Gasteiger partial charge is 0.334 e. The van der Waals surface area contributed by atoms with E-state index < -0.39 is 33.6 Å². The fourth-order valence-electron chi connectivity index (χ4n) is 0.805. The van der Waals surface area contributed by atoms with Crippen molar-refractivity contribution in [2.24, 2.45) is 0 Å². The predicted molar refractivity (Wildman–Crippen MR) is 45.4 cm³/mol. The number of rotatable bonds is 4. The SMILES string of the molecule is CC(F)(F)C(C)(F)C(F)(F)C(C)(F)S(=O)O. The molecule has 0 saturated carbocycles. The summed E-state index contributed by atoms with van der Waals surface area (Å²) in [6.45, 7) is -0.512. The first kappa shape index (κ1) is 15.7. The molecule has 0 heterocycles. The lowest BCUT2D eigenvalue weighted by Crippen LogP contribution is -2.63. The summed E-state index contributed by atoms with van der Waals surface area (Å²) in [5.41, 5.74) is -4.60. The van der Waals surface area contributed by atoms with Gasteiger partial charge in [0.15, 0.2) is 11.1 Å². The van der Waals surface area contributed by atoms with Crippen molar-refractivity contribution in [2.75, 3.05) is 0 Å². The highest BCUT2D eigenvalue weighted by atomic mass is 32.2. The molecular formula is C7H10F6O2S. The zero-order valence-electron chi connectivity index (χ0n) is 8.53. The summed E-state index contributed by atoms with van der Waals surface area (Å²) in [4.78, 5) is 0. The third kappa shape index (κ3) is 2.06. The van der Waals surface area contributed by atoms with Gasteiger partial charge in [-0.05, 0) is 13.8 Å². The molecule has 3 atom stereocenters. The van der Waals surface area contributed by atoms with Gasteiger partial charge in [0.1, 0.15) is 0 Å². The van der Waals surface area contributed by atoms with Gasteiger partial charge in [-0.2, -0.15) is 8.78 Å². The third-order valence-corrected chi connectivity index (χ3v) is 3.22. The van der Waals surface area contributed by atoms with E-state index >= 15 is 0 Å². The molecular weight excluding hydrogens is 262 g/mol. The van der Waals surface area contributed by atoms with E-state index in [9.17, 15) is 30.6 Å². The van der Waals surface area contributed by atoms with Gasteiger partial charge in [0.2, 0.25) is 5.67 Å². The van der Waals surface area contributed by atoms with Crippen molar-refractivity contribution < 1.29 is 35.1 Å². The van der Waals surface area contributed by atoms with Crippen LogP contribution in [0.5, 0.6) is 0 Å². The standard InChI is InChI=1S/C7H10F6O2S/c1-4(8,5(2,9)10)7(12,13)6(3,11)16(14)15/h1-3H3,(H,14,15). The van der Waals surface area contributed by atoms with Crippen molar-refractivity contribution in [2.45, 2.75) is 43.3 Å². The van der Waals surface area contributed by atoms with Crippen molar-refractivity contribution in [1.82, 2.24) is 0 Å². The van der Waals surface area contributed by atoms with Crippen molar-refractivity contribution in [3.05, 3.63) is 0 Å². The number of hydrogen-bond acceptors (Lipinski definition) is 1. The zero-order chi connectivity index (χ0) is 13.6. The fourth-order valence-corrected chi connectivity index (χ4v) is 1.22. The maximum atomic E-state index is 13.2. The molecule has 0 aliphatic heterocycles. The van der Waals surface area contributed by atoms with Crippen molar-refractivity contribution >= 4 is 11.1 Å². The molecule has 98 valence electrons. The maximum absolute atomic E-state index is 13.2. The zero-order valence-corrected chi connectivity index (χ0v) is 9.35. The first-order chi connectivity index (χ1) is 6.69. The van der Waals surface area contributed by atoms with Crippen LogP contribution in [0.25, 0.3) is 0 Å². The van der Waals surface area contributed by atoms with Crippen LogP contribution in [0.2, 0.25) is 0 Å². The Morgan fingerprint density at radius 2 is 1.25 bits per heavy atom. The van der Waals surface area contributed by atoms with E-state index in [2.05, 4.69) is 0 Å². The van der Waals surface area contributed by atoms with Gasteiger partial charge in [-0.3, -0.25) is 0 Å². The molecule has 0 rings (SSSR count). The van der Waals surface area contributed by atoms with Gasteiger partial charge in [-0.15, -0.1) is 0 Å². The molecule has 0 aliphatic carbocycles. The van der Waals surface area contributed by atoms with Gasteiger partial charge in [0.05, 0.1) is 0 Å². The number of halogens is 6. The number of alkyl halides is 6. The molecule has 0 aliphatic rings. The van der Waals surface area contributed by atoms with E-state index in [1.165, 1.54) is 0 Å². The second-order valence-electron chi connectivity index (χ2n) is 3.63. The molecule has 16 heavy (non-hydrogen) atoms. The van der Waals surface area contributed by atoms with Crippen molar-refractivity contribution in [3.8, 4) is 0 Å². The van der Waals surface area contributed by atoms with E-state index in [0.717, 1.165) is 0 Å². The molecule has 0 saturated heterocycles. The Morgan fingerprint density at radius 3 is 1.44 bits per heavy atom. The second-order valence-corrected chi connectivity index (χ2v) is 4.90. The first-order valence-electron chi connectivity index (χ1n) is 3.94. The lowest BCUT2D eigenvalue weighted by atomic mass is 9.90. The molecule has 2 nitrogen and oxygen atoms in total. The van der Waals surface area contributed by atoms with Gasteiger partial charge < -0.3 is 4.55 Å². The van der Waals surface area contributed by atoms with Crippen LogP contribution in [0.15, 0.2) is 0 Å². The molecule has 0 amide bonds. The molecule has 0 fully saturated rings. The summed E-state index contributed by atoms with van der Waals surface area (Å²) in [5.74, 6) is -9.92. The molecule has 9 heteroatoms. The lowest BCUT2D eigenvalue weighted by molar-refractivity contribution is -0.260. The Kier molecular flexibility index (Phi) is 3.79. The molecule has 0 aromatic heterocycles. The minimum Gasteiger partial charge on any atom is -0.303 e. The van der Waals surface area contributed by atoms with E-state index in [-0.39, 0.29) is 20.8 Å². The van der Waals surface area contributed by atoms with Crippen LogP contribution in [0, 0.1) is 0 Å². The van der Waals surface area contributed by atoms with Crippen molar-refractivity contribution in [3.63, 3.8) is 0 Å². The smallest absolute Gasteiger partial charge is 0.303 e. The predicted octanol–water partition coefficient (Wildman–Crippen LogP) is 2.91. The summed E-state index contributed by atoms with van der Waals surface area (Å²) in [6.07, 6.45) is 0. The van der Waals surface area contributed by atoms with Gasteiger partial charge in [0, 0.05) is 6.92 Å². The van der Waals surface area contributed by atoms with E-state index in [0.29, 0.717) is 0 Å². The highest BCUT2D eigenvalue weighted by Gasteiger charge is 2.74. The van der Waals surface area contributed by atoms with Gasteiger partial charge in [0.25, 0.3) is 10.9 Å². The molecule has 1 N–H and O–H groups in total. The molecule has 0 bridgehead atoms. The van der Waals surface area contributed by atoms with Gasteiger partial charge >= 0.3 is 5.92 Å². The summed E-state index contributed by atoms with van der Waals surface area (Å²) in [5, 5.41) is -4.32. The Balaban J connectivity index is 5.62. The fraction of sp³-hybridized carbons (Fsp3) is 1.00. The van der Waals surface area contributed by atoms with Crippen LogP contribution in [0.4, 0.5) is 26.3 Å². The molecule has 0 aromatic rings. The summed E-state index contributed by atoms with van der Waals surface area (Å²) in [7, 11) is 0. The Morgan fingerprint density at radius 1 is 0.938 bits per heavy atom. The molecule has 0 aromatic carbocycles. The topological polar surface area (TPSA) is 37.3 Å². The van der Waals surface area contributed by atoms with Crippen LogP contribution >= 0.6 is 0 Å². The van der Waals surface area contributed by atoms with Crippen LogP contribution in [-0.4, -0.2) is 31.3 Å². The van der Waals surface area contributed by atoms with Crippen LogP contribution < -0.4 is 0 Å². The van der Waals surface area contributed by atoms with Crippen molar-refractivity contribution in [1.29, 1.82) is 0 Å². The molecule has 3 unspecified atom stereocenters. The van der Waals surface area contributed by atoms with Crippen LogP contribution in [-0.2, 0) is 11.1 Å². The van der Waals surface area contributed by atoms with Crippen LogP contribution in [0.3, 0.4) is 0 Å². The van der Waals surface area contributed by atoms with E-state index in [1.54, 1.807) is 0 Å². The first-order valence-corrected chi connectivity index (χ1v) is 5.04.